The molecule has 1 aliphatic carbocycles. The zero-order chi connectivity index (χ0) is 16.6. The summed E-state index contributed by atoms with van der Waals surface area (Å²) >= 11 is 0. The highest BCUT2D eigenvalue weighted by atomic mass is 16.3. The van der Waals surface area contributed by atoms with Crippen molar-refractivity contribution in [3.8, 4) is 0 Å². The second-order valence-electron chi connectivity index (χ2n) is 6.40. The van der Waals surface area contributed by atoms with Gasteiger partial charge in [-0.1, -0.05) is 24.3 Å². The average molecular weight is 312 g/mol. The van der Waals surface area contributed by atoms with Crippen molar-refractivity contribution in [3.63, 3.8) is 0 Å². The van der Waals surface area contributed by atoms with Crippen molar-refractivity contribution in [2.45, 2.75) is 45.8 Å². The predicted molar refractivity (Wildman–Crippen MR) is 90.6 cm³/mol. The third kappa shape index (κ3) is 2.68. The Bertz CT molecular complexity index is 748. The van der Waals surface area contributed by atoms with Gasteiger partial charge in [-0.2, -0.15) is 0 Å². The van der Waals surface area contributed by atoms with E-state index in [4.69, 9.17) is 0 Å². The third-order valence-corrected chi connectivity index (χ3v) is 5.00. The van der Waals surface area contributed by atoms with Crippen LogP contribution in [0.5, 0.6) is 0 Å². The number of benzene rings is 1. The van der Waals surface area contributed by atoms with Crippen LogP contribution in [-0.2, 0) is 18.6 Å². The molecule has 0 saturated carbocycles. The first kappa shape index (κ1) is 15.8. The van der Waals surface area contributed by atoms with Gasteiger partial charge in [0.25, 0.3) is 5.91 Å². The number of rotatable bonds is 4. The number of hydrogen-bond acceptors (Lipinski definition) is 2. The molecule has 0 bridgehead atoms. The summed E-state index contributed by atoms with van der Waals surface area (Å²) in [7, 11) is 0. The SMILES string of the molecule is CCn1c(C)cc(C(=O)NCC2(O)CCc3ccccc32)c1C. The molecule has 1 unspecified atom stereocenters. The van der Waals surface area contributed by atoms with E-state index in [-0.39, 0.29) is 12.5 Å². The normalized spacial score (nSPS) is 19.7. The van der Waals surface area contributed by atoms with Gasteiger partial charge in [0.15, 0.2) is 0 Å². The molecule has 2 N–H and O–H groups in total. The number of nitrogens with one attached hydrogen (secondary N) is 1. The predicted octanol–water partition coefficient (Wildman–Crippen LogP) is 2.69. The van der Waals surface area contributed by atoms with E-state index in [1.165, 1.54) is 5.56 Å². The lowest BCUT2D eigenvalue weighted by Crippen LogP contribution is -2.39. The molecule has 0 saturated heterocycles. The van der Waals surface area contributed by atoms with Gasteiger partial charge in [-0.3, -0.25) is 4.79 Å². The maximum absolute atomic E-state index is 12.5. The maximum atomic E-state index is 12.5. The molecule has 1 aliphatic rings. The van der Waals surface area contributed by atoms with Crippen LogP contribution >= 0.6 is 0 Å². The molecule has 122 valence electrons. The van der Waals surface area contributed by atoms with E-state index in [0.717, 1.165) is 29.9 Å². The number of aryl methyl sites for hydroxylation is 2. The summed E-state index contributed by atoms with van der Waals surface area (Å²) in [6, 6.07) is 9.84. The molecule has 2 aromatic rings. The molecule has 0 spiro atoms. The van der Waals surface area contributed by atoms with E-state index < -0.39 is 5.60 Å². The van der Waals surface area contributed by atoms with Crippen molar-refractivity contribution in [3.05, 3.63) is 58.4 Å². The lowest BCUT2D eigenvalue weighted by molar-refractivity contribution is 0.0369. The Morgan fingerprint density at radius 1 is 1.35 bits per heavy atom. The molecule has 23 heavy (non-hydrogen) atoms. The minimum Gasteiger partial charge on any atom is -0.383 e. The highest BCUT2D eigenvalue weighted by molar-refractivity contribution is 5.95. The topological polar surface area (TPSA) is 54.3 Å². The molecule has 1 amide bonds. The molecule has 0 fully saturated rings. The molecule has 1 atom stereocenters. The fourth-order valence-electron chi connectivity index (χ4n) is 3.69. The van der Waals surface area contributed by atoms with Crippen LogP contribution in [0, 0.1) is 13.8 Å². The Balaban J connectivity index is 1.75. The van der Waals surface area contributed by atoms with Crippen molar-refractivity contribution in [1.29, 1.82) is 0 Å². The number of fused-ring (bicyclic) bond motifs is 1. The Kier molecular flexibility index (Phi) is 4.02. The lowest BCUT2D eigenvalue weighted by Gasteiger charge is -2.24. The van der Waals surface area contributed by atoms with Crippen LogP contribution in [0.4, 0.5) is 0 Å². The van der Waals surface area contributed by atoms with Gasteiger partial charge in [-0.05, 0) is 50.8 Å². The smallest absolute Gasteiger partial charge is 0.253 e. The first-order valence-electron chi connectivity index (χ1n) is 8.22. The minimum atomic E-state index is -0.956. The number of nitrogens with zero attached hydrogens (tertiary/aromatic N) is 1. The second-order valence-corrected chi connectivity index (χ2v) is 6.40. The van der Waals surface area contributed by atoms with Crippen molar-refractivity contribution in [1.82, 2.24) is 9.88 Å². The van der Waals surface area contributed by atoms with Crippen LogP contribution in [0.1, 0.15) is 46.2 Å². The van der Waals surface area contributed by atoms with E-state index in [1.54, 1.807) is 0 Å². The average Bonchev–Trinajstić information content (AvgIpc) is 3.03. The van der Waals surface area contributed by atoms with Gasteiger partial charge in [0.1, 0.15) is 5.60 Å². The number of aliphatic hydroxyl groups is 1. The zero-order valence-electron chi connectivity index (χ0n) is 14.0. The third-order valence-electron chi connectivity index (χ3n) is 5.00. The van der Waals surface area contributed by atoms with E-state index in [1.807, 2.05) is 44.2 Å². The van der Waals surface area contributed by atoms with E-state index >= 15 is 0 Å². The molecular weight excluding hydrogens is 288 g/mol. The van der Waals surface area contributed by atoms with Crippen molar-refractivity contribution >= 4 is 5.91 Å². The van der Waals surface area contributed by atoms with Gasteiger partial charge in [-0.15, -0.1) is 0 Å². The summed E-state index contributed by atoms with van der Waals surface area (Å²) in [4.78, 5) is 12.5. The Hall–Kier alpha value is -2.07. The highest BCUT2D eigenvalue weighted by Gasteiger charge is 2.36. The van der Waals surface area contributed by atoms with Crippen LogP contribution < -0.4 is 5.32 Å². The first-order valence-corrected chi connectivity index (χ1v) is 8.22. The number of hydrogen-bond donors (Lipinski definition) is 2. The quantitative estimate of drug-likeness (QED) is 0.912. The Labute approximate surface area is 137 Å². The fraction of sp³-hybridized carbons (Fsp3) is 0.421. The fourth-order valence-corrected chi connectivity index (χ4v) is 3.69. The van der Waals surface area contributed by atoms with E-state index in [0.29, 0.717) is 12.0 Å². The molecular formula is C19H24N2O2. The van der Waals surface area contributed by atoms with Gasteiger partial charge in [-0.25, -0.2) is 0 Å². The highest BCUT2D eigenvalue weighted by Crippen LogP contribution is 2.36. The number of amides is 1. The van der Waals surface area contributed by atoms with Crippen LogP contribution in [0.3, 0.4) is 0 Å². The summed E-state index contributed by atoms with van der Waals surface area (Å²) in [6.07, 6.45) is 1.51. The number of carbonyl (C=O) groups excluding carboxylic acids is 1. The first-order chi connectivity index (χ1) is 11.0. The monoisotopic (exact) mass is 312 g/mol. The molecule has 3 rings (SSSR count). The van der Waals surface area contributed by atoms with Crippen LogP contribution in [0.25, 0.3) is 0 Å². The summed E-state index contributed by atoms with van der Waals surface area (Å²) in [5.74, 6) is -0.115. The van der Waals surface area contributed by atoms with Crippen LogP contribution in [-0.4, -0.2) is 22.1 Å². The Morgan fingerprint density at radius 2 is 2.09 bits per heavy atom. The molecule has 0 radical (unpaired) electrons. The summed E-state index contributed by atoms with van der Waals surface area (Å²) in [5, 5.41) is 13.8. The summed E-state index contributed by atoms with van der Waals surface area (Å²) < 4.78 is 2.12. The van der Waals surface area contributed by atoms with E-state index in [9.17, 15) is 9.90 Å². The van der Waals surface area contributed by atoms with Crippen molar-refractivity contribution in [2.24, 2.45) is 0 Å². The lowest BCUT2D eigenvalue weighted by atomic mass is 9.96. The molecule has 1 heterocycles. The van der Waals surface area contributed by atoms with E-state index in [2.05, 4.69) is 16.8 Å². The minimum absolute atomic E-state index is 0.115. The largest absolute Gasteiger partial charge is 0.383 e. The molecule has 1 aromatic carbocycles. The Morgan fingerprint density at radius 3 is 2.78 bits per heavy atom. The molecule has 0 aliphatic heterocycles. The van der Waals surface area contributed by atoms with Crippen molar-refractivity contribution < 1.29 is 9.90 Å². The molecule has 4 heteroatoms. The zero-order valence-corrected chi connectivity index (χ0v) is 14.0. The van der Waals surface area contributed by atoms with Crippen LogP contribution in [0.15, 0.2) is 30.3 Å². The summed E-state index contributed by atoms with van der Waals surface area (Å²) in [6.45, 7) is 7.14. The van der Waals surface area contributed by atoms with Gasteiger partial charge < -0.3 is 15.0 Å². The van der Waals surface area contributed by atoms with Crippen molar-refractivity contribution in [2.75, 3.05) is 6.54 Å². The maximum Gasteiger partial charge on any atom is 0.253 e. The van der Waals surface area contributed by atoms with Gasteiger partial charge >= 0.3 is 0 Å². The summed E-state index contributed by atoms with van der Waals surface area (Å²) in [5.41, 5.74) is 3.91. The standard InChI is InChI=1S/C19H24N2O2/c1-4-21-13(2)11-16(14(21)3)18(22)20-12-19(23)10-9-15-7-5-6-8-17(15)19/h5-8,11,23H,4,9-10,12H2,1-3H3,(H,20,22). The van der Waals surface area contributed by atoms with Crippen LogP contribution in [0.2, 0.25) is 0 Å². The second kappa shape index (κ2) is 5.85. The van der Waals surface area contributed by atoms with Gasteiger partial charge in [0.2, 0.25) is 0 Å². The molecule has 4 nitrogen and oxygen atoms in total. The van der Waals surface area contributed by atoms with Gasteiger partial charge in [0.05, 0.1) is 12.1 Å². The number of aromatic nitrogens is 1. The number of carbonyl (C=O) groups is 1. The van der Waals surface area contributed by atoms with Gasteiger partial charge in [0, 0.05) is 17.9 Å². The molecule has 1 aromatic heterocycles.